The van der Waals surface area contributed by atoms with Crippen molar-refractivity contribution < 1.29 is 19.0 Å². The minimum absolute atomic E-state index is 0.0490. The zero-order valence-electron chi connectivity index (χ0n) is 8.04. The molecule has 15 heavy (non-hydrogen) atoms. The lowest BCUT2D eigenvalue weighted by atomic mass is 10.2. The first kappa shape index (κ1) is 12.1. The van der Waals surface area contributed by atoms with E-state index < -0.39 is 17.9 Å². The van der Waals surface area contributed by atoms with E-state index in [1.165, 1.54) is 13.0 Å². The average molecular weight is 277 g/mol. The Bertz CT molecular complexity index is 368. The smallest absolute Gasteiger partial charge is 0.332 e. The van der Waals surface area contributed by atoms with Crippen LogP contribution in [0.25, 0.3) is 0 Å². The van der Waals surface area contributed by atoms with Crippen molar-refractivity contribution in [3.8, 4) is 0 Å². The molecule has 0 saturated heterocycles. The van der Waals surface area contributed by atoms with Crippen molar-refractivity contribution in [2.45, 2.75) is 19.6 Å². The minimum Gasteiger partial charge on any atom is -0.479 e. The predicted molar refractivity (Wildman–Crippen MR) is 56.0 cm³/mol. The standard InChI is InChI=1S/C10H10BrFO3/c1-6(10(13)14)15-5-7-2-3-8(11)4-9(7)12/h2-4,6H,5H2,1H3,(H,13,14)/t6-/m1/s1. The normalized spacial score (nSPS) is 12.5. The van der Waals surface area contributed by atoms with Crippen LogP contribution in [-0.2, 0) is 16.1 Å². The molecular formula is C10H10BrFO3. The third-order valence-electron chi connectivity index (χ3n) is 1.85. The molecule has 0 unspecified atom stereocenters. The van der Waals surface area contributed by atoms with E-state index >= 15 is 0 Å². The first-order valence-corrected chi connectivity index (χ1v) is 5.08. The number of ether oxygens (including phenoxy) is 1. The Morgan fingerprint density at radius 1 is 1.67 bits per heavy atom. The highest BCUT2D eigenvalue weighted by atomic mass is 79.9. The molecule has 1 N–H and O–H groups in total. The summed E-state index contributed by atoms with van der Waals surface area (Å²) in [5.74, 6) is -1.48. The number of hydrogen-bond acceptors (Lipinski definition) is 2. The van der Waals surface area contributed by atoms with Gasteiger partial charge in [-0.3, -0.25) is 0 Å². The van der Waals surface area contributed by atoms with E-state index in [0.29, 0.717) is 10.0 Å². The van der Waals surface area contributed by atoms with E-state index in [1.807, 2.05) is 0 Å². The van der Waals surface area contributed by atoms with Crippen LogP contribution in [0.2, 0.25) is 0 Å². The summed E-state index contributed by atoms with van der Waals surface area (Å²) in [6.45, 7) is 1.35. The van der Waals surface area contributed by atoms with Crippen LogP contribution >= 0.6 is 15.9 Å². The van der Waals surface area contributed by atoms with Crippen LogP contribution in [0.4, 0.5) is 4.39 Å². The van der Waals surface area contributed by atoms with Gasteiger partial charge in [-0.15, -0.1) is 0 Å². The number of carbonyl (C=O) groups is 1. The number of rotatable bonds is 4. The van der Waals surface area contributed by atoms with Gasteiger partial charge in [-0.25, -0.2) is 9.18 Å². The quantitative estimate of drug-likeness (QED) is 0.920. The number of halogens is 2. The third-order valence-corrected chi connectivity index (χ3v) is 2.34. The molecule has 1 aromatic carbocycles. The Morgan fingerprint density at radius 2 is 2.33 bits per heavy atom. The Labute approximate surface area is 95.0 Å². The van der Waals surface area contributed by atoms with Crippen LogP contribution in [0.3, 0.4) is 0 Å². The fourth-order valence-electron chi connectivity index (χ4n) is 0.925. The summed E-state index contributed by atoms with van der Waals surface area (Å²) < 4.78 is 18.8. The Morgan fingerprint density at radius 3 is 2.87 bits per heavy atom. The van der Waals surface area contributed by atoms with Gasteiger partial charge in [-0.1, -0.05) is 22.0 Å². The molecule has 82 valence electrons. The summed E-state index contributed by atoms with van der Waals surface area (Å²) in [5.41, 5.74) is 0.339. The Hall–Kier alpha value is -0.940. The summed E-state index contributed by atoms with van der Waals surface area (Å²) in [5, 5.41) is 8.55. The predicted octanol–water partition coefficient (Wildman–Crippen LogP) is 2.58. The van der Waals surface area contributed by atoms with Crippen LogP contribution in [0.5, 0.6) is 0 Å². The number of aliphatic carboxylic acids is 1. The van der Waals surface area contributed by atoms with Crippen LogP contribution < -0.4 is 0 Å². The van der Waals surface area contributed by atoms with Crippen molar-refractivity contribution in [2.75, 3.05) is 0 Å². The van der Waals surface area contributed by atoms with E-state index in [1.54, 1.807) is 12.1 Å². The molecule has 0 fully saturated rings. The van der Waals surface area contributed by atoms with Gasteiger partial charge in [0.25, 0.3) is 0 Å². The maximum absolute atomic E-state index is 13.2. The van der Waals surface area contributed by atoms with Crippen molar-refractivity contribution in [3.05, 3.63) is 34.1 Å². The highest BCUT2D eigenvalue weighted by Gasteiger charge is 2.12. The zero-order valence-corrected chi connectivity index (χ0v) is 9.62. The molecule has 3 nitrogen and oxygen atoms in total. The lowest BCUT2D eigenvalue weighted by Crippen LogP contribution is -2.19. The number of carboxylic acids is 1. The van der Waals surface area contributed by atoms with Gasteiger partial charge in [0.05, 0.1) is 6.61 Å². The van der Waals surface area contributed by atoms with Gasteiger partial charge in [0.1, 0.15) is 5.82 Å². The lowest BCUT2D eigenvalue weighted by Gasteiger charge is -2.09. The molecule has 1 rings (SSSR count). The van der Waals surface area contributed by atoms with E-state index in [9.17, 15) is 9.18 Å². The summed E-state index contributed by atoms with van der Waals surface area (Å²) in [6.07, 6.45) is -0.937. The second-order valence-corrected chi connectivity index (χ2v) is 3.94. The summed E-state index contributed by atoms with van der Waals surface area (Å²) in [4.78, 5) is 10.4. The fraction of sp³-hybridized carbons (Fsp3) is 0.300. The SMILES string of the molecule is C[C@@H](OCc1ccc(Br)cc1F)C(=O)O. The van der Waals surface area contributed by atoms with Gasteiger partial charge in [0.15, 0.2) is 6.10 Å². The van der Waals surface area contributed by atoms with Crippen molar-refractivity contribution in [1.29, 1.82) is 0 Å². The van der Waals surface area contributed by atoms with E-state index in [2.05, 4.69) is 15.9 Å². The molecule has 0 aliphatic heterocycles. The summed E-state index contributed by atoms with van der Waals surface area (Å²) in [6, 6.07) is 4.53. The van der Waals surface area contributed by atoms with Crippen LogP contribution in [0, 0.1) is 5.82 Å². The van der Waals surface area contributed by atoms with Crippen LogP contribution in [0.15, 0.2) is 22.7 Å². The van der Waals surface area contributed by atoms with Gasteiger partial charge < -0.3 is 9.84 Å². The fourth-order valence-corrected chi connectivity index (χ4v) is 1.26. The molecule has 0 saturated carbocycles. The number of hydrogen-bond donors (Lipinski definition) is 1. The zero-order chi connectivity index (χ0) is 11.4. The molecule has 0 amide bonds. The van der Waals surface area contributed by atoms with Crippen molar-refractivity contribution in [3.63, 3.8) is 0 Å². The molecule has 0 spiro atoms. The lowest BCUT2D eigenvalue weighted by molar-refractivity contribution is -0.149. The van der Waals surface area contributed by atoms with Crippen LogP contribution in [-0.4, -0.2) is 17.2 Å². The topological polar surface area (TPSA) is 46.5 Å². The molecule has 5 heteroatoms. The molecular weight excluding hydrogens is 267 g/mol. The third kappa shape index (κ3) is 3.60. The molecule has 0 radical (unpaired) electrons. The van der Waals surface area contributed by atoms with E-state index in [4.69, 9.17) is 9.84 Å². The van der Waals surface area contributed by atoms with Crippen LogP contribution in [0.1, 0.15) is 12.5 Å². The minimum atomic E-state index is -1.06. The van der Waals surface area contributed by atoms with Gasteiger partial charge >= 0.3 is 5.97 Å². The molecule has 0 heterocycles. The highest BCUT2D eigenvalue weighted by Crippen LogP contribution is 2.16. The maximum atomic E-state index is 13.2. The van der Waals surface area contributed by atoms with Crippen molar-refractivity contribution >= 4 is 21.9 Å². The molecule has 1 atom stereocenters. The first-order chi connectivity index (χ1) is 7.00. The van der Waals surface area contributed by atoms with Gasteiger partial charge in [-0.05, 0) is 19.1 Å². The first-order valence-electron chi connectivity index (χ1n) is 4.29. The Kier molecular flexibility index (Phi) is 4.23. The molecule has 0 aliphatic carbocycles. The summed E-state index contributed by atoms with van der Waals surface area (Å²) in [7, 11) is 0. The second-order valence-electron chi connectivity index (χ2n) is 3.03. The summed E-state index contributed by atoms with van der Waals surface area (Å²) >= 11 is 3.12. The monoisotopic (exact) mass is 276 g/mol. The highest BCUT2D eigenvalue weighted by molar-refractivity contribution is 9.10. The molecule has 0 aromatic heterocycles. The molecule has 1 aromatic rings. The molecule has 0 aliphatic rings. The van der Waals surface area contributed by atoms with Gasteiger partial charge in [-0.2, -0.15) is 0 Å². The average Bonchev–Trinajstić information content (AvgIpc) is 2.15. The van der Waals surface area contributed by atoms with E-state index in [-0.39, 0.29) is 6.61 Å². The maximum Gasteiger partial charge on any atom is 0.332 e. The van der Waals surface area contributed by atoms with Crippen molar-refractivity contribution in [1.82, 2.24) is 0 Å². The largest absolute Gasteiger partial charge is 0.479 e. The van der Waals surface area contributed by atoms with Crippen molar-refractivity contribution in [2.24, 2.45) is 0 Å². The second kappa shape index (κ2) is 5.23. The van der Waals surface area contributed by atoms with Gasteiger partial charge in [0, 0.05) is 10.0 Å². The Balaban J connectivity index is 2.62. The molecule has 0 bridgehead atoms. The van der Waals surface area contributed by atoms with E-state index in [0.717, 1.165) is 0 Å². The number of carboxylic acid groups (broad SMARTS) is 1. The van der Waals surface area contributed by atoms with Gasteiger partial charge in [0.2, 0.25) is 0 Å². The number of benzene rings is 1.